The molecule has 0 bridgehead atoms. The number of hydrogen-bond donors (Lipinski definition) is 1. The molecule has 0 unspecified atom stereocenters. The molecule has 7 nitrogen and oxygen atoms in total. The molecule has 0 aliphatic carbocycles. The maximum Gasteiger partial charge on any atom is 0.225 e. The summed E-state index contributed by atoms with van der Waals surface area (Å²) in [4.78, 5) is 12.4. The van der Waals surface area contributed by atoms with Crippen LogP contribution in [0.2, 0.25) is 10.0 Å². The molecule has 1 aromatic heterocycles. The number of ether oxygens (including phenoxy) is 3. The van der Waals surface area contributed by atoms with Gasteiger partial charge in [-0.2, -0.15) is 5.10 Å². The summed E-state index contributed by atoms with van der Waals surface area (Å²) in [6.07, 6.45) is 2.45. The molecular weight excluding hydrogens is 441 g/mol. The number of halogens is 2. The number of amides is 1. The molecule has 2 aromatic carbocycles. The summed E-state index contributed by atoms with van der Waals surface area (Å²) in [5, 5.41) is 8.17. The third-order valence-corrected chi connectivity index (χ3v) is 5.02. The van der Waals surface area contributed by atoms with Crippen molar-refractivity contribution < 1.29 is 19.0 Å². The number of rotatable bonds is 10. The van der Waals surface area contributed by atoms with Gasteiger partial charge in [-0.1, -0.05) is 35.3 Å². The van der Waals surface area contributed by atoms with Gasteiger partial charge in [-0.05, 0) is 30.7 Å². The van der Waals surface area contributed by atoms with Crippen molar-refractivity contribution in [2.45, 2.75) is 19.4 Å². The number of carbonyl (C=O) groups is 1. The van der Waals surface area contributed by atoms with Crippen molar-refractivity contribution in [3.63, 3.8) is 0 Å². The molecule has 31 heavy (non-hydrogen) atoms. The molecule has 0 aliphatic heterocycles. The molecule has 0 atom stereocenters. The highest BCUT2D eigenvalue weighted by molar-refractivity contribution is 6.35. The average molecular weight is 464 g/mol. The van der Waals surface area contributed by atoms with Gasteiger partial charge in [0, 0.05) is 23.1 Å². The lowest BCUT2D eigenvalue weighted by atomic mass is 10.2. The van der Waals surface area contributed by atoms with Crippen molar-refractivity contribution in [2.24, 2.45) is 0 Å². The van der Waals surface area contributed by atoms with Crippen molar-refractivity contribution in [3.8, 4) is 17.2 Å². The van der Waals surface area contributed by atoms with E-state index in [1.165, 1.54) is 0 Å². The zero-order valence-electron chi connectivity index (χ0n) is 17.2. The topological polar surface area (TPSA) is 74.6 Å². The lowest BCUT2D eigenvalue weighted by Gasteiger charge is -2.14. The first kappa shape index (κ1) is 22.8. The number of carbonyl (C=O) groups excluding carboxylic acids is 1. The van der Waals surface area contributed by atoms with Crippen LogP contribution in [-0.4, -0.2) is 36.5 Å². The summed E-state index contributed by atoms with van der Waals surface area (Å²) in [6, 6.07) is 12.4. The molecule has 0 saturated heterocycles. The van der Waals surface area contributed by atoms with Crippen molar-refractivity contribution in [1.82, 2.24) is 9.78 Å². The number of aromatic nitrogens is 2. The number of nitrogens with zero attached hydrogens (tertiary/aromatic N) is 2. The van der Waals surface area contributed by atoms with Crippen LogP contribution in [0.25, 0.3) is 0 Å². The van der Waals surface area contributed by atoms with Gasteiger partial charge in [-0.3, -0.25) is 4.79 Å². The molecule has 1 N–H and O–H groups in total. The van der Waals surface area contributed by atoms with E-state index in [0.29, 0.717) is 59.1 Å². The first-order valence-electron chi connectivity index (χ1n) is 9.61. The monoisotopic (exact) mass is 463 g/mol. The lowest BCUT2D eigenvalue weighted by molar-refractivity contribution is -0.116. The van der Waals surface area contributed by atoms with Crippen LogP contribution in [-0.2, 0) is 11.3 Å². The molecule has 1 amide bonds. The zero-order chi connectivity index (χ0) is 22.2. The van der Waals surface area contributed by atoms with Crippen molar-refractivity contribution in [3.05, 3.63) is 64.3 Å². The van der Waals surface area contributed by atoms with Crippen LogP contribution in [0.15, 0.2) is 48.7 Å². The Labute approximate surface area is 190 Å². The average Bonchev–Trinajstić information content (AvgIpc) is 3.18. The van der Waals surface area contributed by atoms with E-state index in [1.807, 2.05) is 18.2 Å². The number of hydrogen-bond acceptors (Lipinski definition) is 5. The summed E-state index contributed by atoms with van der Waals surface area (Å²) < 4.78 is 18.1. The molecule has 0 radical (unpaired) electrons. The Kier molecular flexibility index (Phi) is 8.03. The van der Waals surface area contributed by atoms with E-state index in [1.54, 1.807) is 49.4 Å². The molecule has 0 spiro atoms. The van der Waals surface area contributed by atoms with Crippen molar-refractivity contribution in [2.75, 3.05) is 26.1 Å². The van der Waals surface area contributed by atoms with Crippen LogP contribution >= 0.6 is 23.2 Å². The fraction of sp³-hybridized carbons (Fsp3) is 0.273. The second-order valence-corrected chi connectivity index (χ2v) is 7.45. The Bertz CT molecular complexity index is 1040. The number of anilines is 1. The van der Waals surface area contributed by atoms with Crippen LogP contribution in [0.1, 0.15) is 18.4 Å². The summed E-state index contributed by atoms with van der Waals surface area (Å²) in [5.74, 6) is 2.27. The second-order valence-electron chi connectivity index (χ2n) is 6.60. The first-order valence-corrected chi connectivity index (χ1v) is 10.4. The first-order chi connectivity index (χ1) is 15.0. The molecule has 0 saturated carbocycles. The molecular formula is C22H23Cl2N3O4. The van der Waals surface area contributed by atoms with Crippen LogP contribution in [0.5, 0.6) is 17.2 Å². The maximum atomic E-state index is 12.4. The van der Waals surface area contributed by atoms with Crippen molar-refractivity contribution in [1.29, 1.82) is 0 Å². The van der Waals surface area contributed by atoms with Gasteiger partial charge in [-0.15, -0.1) is 0 Å². The van der Waals surface area contributed by atoms with E-state index in [0.717, 1.165) is 5.56 Å². The predicted molar refractivity (Wildman–Crippen MR) is 121 cm³/mol. The van der Waals surface area contributed by atoms with Crippen LogP contribution < -0.4 is 19.5 Å². The fourth-order valence-corrected chi connectivity index (χ4v) is 3.48. The van der Waals surface area contributed by atoms with Gasteiger partial charge in [0.2, 0.25) is 5.91 Å². The molecule has 3 aromatic rings. The number of methoxy groups -OCH3 is 2. The van der Waals surface area contributed by atoms with Gasteiger partial charge < -0.3 is 19.5 Å². The third-order valence-electron chi connectivity index (χ3n) is 4.49. The van der Waals surface area contributed by atoms with Gasteiger partial charge in [0.25, 0.3) is 0 Å². The highest BCUT2D eigenvalue weighted by Crippen LogP contribution is 2.31. The smallest absolute Gasteiger partial charge is 0.225 e. The molecule has 1 heterocycles. The normalized spacial score (nSPS) is 10.6. The number of para-hydroxylation sites is 1. The minimum atomic E-state index is -0.134. The summed E-state index contributed by atoms with van der Waals surface area (Å²) in [5.41, 5.74) is 0.884. The van der Waals surface area contributed by atoms with Gasteiger partial charge in [0.05, 0.1) is 38.6 Å². The van der Waals surface area contributed by atoms with Gasteiger partial charge in [-0.25, -0.2) is 4.68 Å². The highest BCUT2D eigenvalue weighted by Gasteiger charge is 2.13. The van der Waals surface area contributed by atoms with Gasteiger partial charge >= 0.3 is 0 Å². The third kappa shape index (κ3) is 6.06. The quantitative estimate of drug-likeness (QED) is 0.425. The van der Waals surface area contributed by atoms with E-state index in [2.05, 4.69) is 10.4 Å². The minimum absolute atomic E-state index is 0.134. The van der Waals surface area contributed by atoms with Crippen LogP contribution in [0, 0.1) is 0 Å². The SMILES string of the molecule is COc1cccc(Cn2nccc2NC(=O)CCCOc2ccc(Cl)cc2Cl)c1OC. The van der Waals surface area contributed by atoms with Crippen molar-refractivity contribution >= 4 is 34.9 Å². The molecule has 164 valence electrons. The maximum absolute atomic E-state index is 12.4. The fourth-order valence-electron chi connectivity index (χ4n) is 3.02. The van der Waals surface area contributed by atoms with Gasteiger partial charge in [0.1, 0.15) is 11.6 Å². The van der Waals surface area contributed by atoms with E-state index in [9.17, 15) is 4.79 Å². The Morgan fingerprint density at radius 1 is 1.10 bits per heavy atom. The largest absolute Gasteiger partial charge is 0.493 e. The van der Waals surface area contributed by atoms with Crippen LogP contribution in [0.3, 0.4) is 0 Å². The Morgan fingerprint density at radius 3 is 2.68 bits per heavy atom. The summed E-state index contributed by atoms with van der Waals surface area (Å²) in [7, 11) is 3.18. The Balaban J connectivity index is 1.53. The Morgan fingerprint density at radius 2 is 1.94 bits per heavy atom. The van der Waals surface area contributed by atoms with E-state index < -0.39 is 0 Å². The number of benzene rings is 2. The molecule has 3 rings (SSSR count). The predicted octanol–water partition coefficient (Wildman–Crippen LogP) is 5.05. The molecule has 0 aliphatic rings. The highest BCUT2D eigenvalue weighted by atomic mass is 35.5. The van der Waals surface area contributed by atoms with Crippen LogP contribution in [0.4, 0.5) is 5.82 Å². The van der Waals surface area contributed by atoms with E-state index in [4.69, 9.17) is 37.4 Å². The lowest BCUT2D eigenvalue weighted by Crippen LogP contribution is -2.17. The standard InChI is InChI=1S/C22H23Cl2N3O4/c1-29-19-6-3-5-15(22(19)30-2)14-27-20(10-11-25-27)26-21(28)7-4-12-31-18-9-8-16(23)13-17(18)24/h3,5-6,8-11,13H,4,7,12,14H2,1-2H3,(H,26,28). The minimum Gasteiger partial charge on any atom is -0.493 e. The summed E-state index contributed by atoms with van der Waals surface area (Å²) >= 11 is 11.9. The summed E-state index contributed by atoms with van der Waals surface area (Å²) in [6.45, 7) is 0.774. The van der Waals surface area contributed by atoms with Gasteiger partial charge in [0.15, 0.2) is 11.5 Å². The molecule has 9 heteroatoms. The number of nitrogens with one attached hydrogen (secondary N) is 1. The van der Waals surface area contributed by atoms with E-state index >= 15 is 0 Å². The van der Waals surface area contributed by atoms with E-state index in [-0.39, 0.29) is 5.91 Å². The zero-order valence-corrected chi connectivity index (χ0v) is 18.7. The Hall–Kier alpha value is -2.90. The second kappa shape index (κ2) is 10.9. The molecule has 0 fully saturated rings.